The molecule has 0 aliphatic rings. The minimum absolute atomic E-state index is 0.0233. The first kappa shape index (κ1) is 19.5. The van der Waals surface area contributed by atoms with E-state index in [4.69, 9.17) is 0 Å². The fourth-order valence-electron chi connectivity index (χ4n) is 2.75. The first-order chi connectivity index (χ1) is 12.0. The van der Waals surface area contributed by atoms with E-state index in [-0.39, 0.29) is 11.9 Å². The predicted octanol–water partition coefficient (Wildman–Crippen LogP) is 4.02. The molecular formula is C20H29N3OS. The summed E-state index contributed by atoms with van der Waals surface area (Å²) in [6, 6.07) is 10.2. The van der Waals surface area contributed by atoms with Crippen LogP contribution < -0.4 is 10.2 Å². The van der Waals surface area contributed by atoms with Gasteiger partial charge in [0.1, 0.15) is 0 Å². The van der Waals surface area contributed by atoms with E-state index in [1.54, 1.807) is 11.3 Å². The summed E-state index contributed by atoms with van der Waals surface area (Å²) < 4.78 is 0. The van der Waals surface area contributed by atoms with E-state index >= 15 is 0 Å². The minimum Gasteiger partial charge on any atom is -0.375 e. The Hall–Kier alpha value is -1.85. The first-order valence-corrected chi connectivity index (χ1v) is 9.75. The van der Waals surface area contributed by atoms with Gasteiger partial charge in [-0.25, -0.2) is 0 Å². The van der Waals surface area contributed by atoms with Crippen molar-refractivity contribution in [2.75, 3.05) is 39.1 Å². The highest BCUT2D eigenvalue weighted by Gasteiger charge is 2.16. The zero-order valence-corrected chi connectivity index (χ0v) is 16.5. The highest BCUT2D eigenvalue weighted by atomic mass is 32.1. The molecule has 1 atom stereocenters. The van der Waals surface area contributed by atoms with Gasteiger partial charge in [-0.15, -0.1) is 0 Å². The van der Waals surface area contributed by atoms with Crippen LogP contribution in [0.3, 0.4) is 0 Å². The molecule has 136 valence electrons. The van der Waals surface area contributed by atoms with Gasteiger partial charge in [0.15, 0.2) is 0 Å². The molecule has 1 unspecified atom stereocenters. The van der Waals surface area contributed by atoms with Gasteiger partial charge in [-0.05, 0) is 67.2 Å². The molecular weight excluding hydrogens is 330 g/mol. The number of rotatable bonds is 9. The van der Waals surface area contributed by atoms with Crippen LogP contribution in [0.25, 0.3) is 0 Å². The smallest absolute Gasteiger partial charge is 0.251 e. The lowest BCUT2D eigenvalue weighted by Gasteiger charge is -2.24. The van der Waals surface area contributed by atoms with Gasteiger partial charge in [0.2, 0.25) is 0 Å². The molecule has 0 bridgehead atoms. The second-order valence-corrected chi connectivity index (χ2v) is 7.35. The summed E-state index contributed by atoms with van der Waals surface area (Å²) in [4.78, 5) is 16.8. The van der Waals surface area contributed by atoms with Crippen LogP contribution in [0.2, 0.25) is 0 Å². The Morgan fingerprint density at radius 1 is 1.16 bits per heavy atom. The molecule has 0 radical (unpaired) electrons. The third kappa shape index (κ3) is 5.58. The number of anilines is 1. The molecule has 4 nitrogen and oxygen atoms in total. The summed E-state index contributed by atoms with van der Waals surface area (Å²) in [5, 5.41) is 7.27. The van der Waals surface area contributed by atoms with E-state index < -0.39 is 0 Å². The molecule has 1 aromatic carbocycles. The molecule has 0 aliphatic heterocycles. The van der Waals surface area contributed by atoms with Crippen molar-refractivity contribution in [3.8, 4) is 0 Å². The van der Waals surface area contributed by atoms with Gasteiger partial charge in [-0.1, -0.05) is 13.3 Å². The topological polar surface area (TPSA) is 35.6 Å². The number of nitrogens with one attached hydrogen (secondary N) is 1. The summed E-state index contributed by atoms with van der Waals surface area (Å²) in [5.41, 5.74) is 3.09. The van der Waals surface area contributed by atoms with E-state index in [1.807, 2.05) is 38.4 Å². The fourth-order valence-corrected chi connectivity index (χ4v) is 3.45. The van der Waals surface area contributed by atoms with Crippen molar-refractivity contribution in [2.24, 2.45) is 0 Å². The van der Waals surface area contributed by atoms with Gasteiger partial charge in [0.25, 0.3) is 5.91 Å². The Bertz CT molecular complexity index is 637. The molecule has 0 spiro atoms. The summed E-state index contributed by atoms with van der Waals surface area (Å²) in [7, 11) is 6.16. The van der Waals surface area contributed by atoms with E-state index in [0.29, 0.717) is 12.1 Å². The number of likely N-dealkylation sites (N-methyl/N-ethyl adjacent to an activating group) is 1. The monoisotopic (exact) mass is 359 g/mol. The minimum atomic E-state index is -0.0233. The molecule has 1 N–H and O–H groups in total. The van der Waals surface area contributed by atoms with Gasteiger partial charge < -0.3 is 15.1 Å². The lowest BCUT2D eigenvalue weighted by atomic mass is 10.1. The van der Waals surface area contributed by atoms with Gasteiger partial charge in [-0.2, -0.15) is 11.3 Å². The number of amides is 1. The van der Waals surface area contributed by atoms with Crippen LogP contribution in [-0.4, -0.2) is 45.0 Å². The number of benzene rings is 1. The normalized spacial score (nSPS) is 12.2. The summed E-state index contributed by atoms with van der Waals surface area (Å²) in [6.07, 6.45) is 2.36. The maximum Gasteiger partial charge on any atom is 0.251 e. The quantitative estimate of drug-likeness (QED) is 0.734. The standard InChI is InChI=1S/C20H29N3OS/c1-5-6-12-23(4)18-9-7-16(8-10-18)20(24)21-14-19(22(2)3)17-11-13-25-15-17/h7-11,13,15,19H,5-6,12,14H2,1-4H3,(H,21,24). The average molecular weight is 360 g/mol. The van der Waals surface area contributed by atoms with E-state index in [9.17, 15) is 4.79 Å². The molecule has 0 fully saturated rings. The number of hydrogen-bond donors (Lipinski definition) is 1. The van der Waals surface area contributed by atoms with Crippen LogP contribution in [0.1, 0.15) is 41.7 Å². The fraction of sp³-hybridized carbons (Fsp3) is 0.450. The third-order valence-corrected chi connectivity index (χ3v) is 5.13. The predicted molar refractivity (Wildman–Crippen MR) is 108 cm³/mol. The van der Waals surface area contributed by atoms with Crippen LogP contribution in [0.15, 0.2) is 41.1 Å². The van der Waals surface area contributed by atoms with Crippen molar-refractivity contribution in [3.63, 3.8) is 0 Å². The number of hydrogen-bond acceptors (Lipinski definition) is 4. The Balaban J connectivity index is 1.94. The van der Waals surface area contributed by atoms with Crippen molar-refractivity contribution >= 4 is 22.9 Å². The highest BCUT2D eigenvalue weighted by Crippen LogP contribution is 2.20. The maximum absolute atomic E-state index is 12.5. The van der Waals surface area contributed by atoms with Gasteiger partial charge >= 0.3 is 0 Å². The highest BCUT2D eigenvalue weighted by molar-refractivity contribution is 7.07. The number of nitrogens with zero attached hydrogens (tertiary/aromatic N) is 2. The number of carbonyl (C=O) groups is 1. The van der Waals surface area contributed by atoms with E-state index in [1.165, 1.54) is 18.4 Å². The van der Waals surface area contributed by atoms with Crippen LogP contribution in [0.5, 0.6) is 0 Å². The Kier molecular flexibility index (Phi) is 7.47. The Morgan fingerprint density at radius 2 is 1.88 bits per heavy atom. The Morgan fingerprint density at radius 3 is 2.44 bits per heavy atom. The van der Waals surface area contributed by atoms with Gasteiger partial charge in [-0.3, -0.25) is 4.79 Å². The summed E-state index contributed by atoms with van der Waals surface area (Å²) in [5.74, 6) is -0.0233. The lowest BCUT2D eigenvalue weighted by molar-refractivity contribution is 0.0942. The lowest BCUT2D eigenvalue weighted by Crippen LogP contribution is -2.34. The van der Waals surface area contributed by atoms with Crippen LogP contribution in [0.4, 0.5) is 5.69 Å². The zero-order chi connectivity index (χ0) is 18.2. The average Bonchev–Trinajstić information content (AvgIpc) is 3.13. The van der Waals surface area contributed by atoms with E-state index in [2.05, 4.69) is 45.9 Å². The molecule has 2 aromatic rings. The SMILES string of the molecule is CCCCN(C)c1ccc(C(=O)NCC(c2ccsc2)N(C)C)cc1. The number of carbonyl (C=O) groups excluding carboxylic acids is 1. The Labute approximate surface area is 155 Å². The van der Waals surface area contributed by atoms with Crippen LogP contribution >= 0.6 is 11.3 Å². The van der Waals surface area contributed by atoms with Crippen LogP contribution in [-0.2, 0) is 0 Å². The molecule has 1 aromatic heterocycles. The van der Waals surface area contributed by atoms with E-state index in [0.717, 1.165) is 12.2 Å². The molecule has 1 heterocycles. The molecule has 25 heavy (non-hydrogen) atoms. The van der Waals surface area contributed by atoms with Crippen molar-refractivity contribution in [1.82, 2.24) is 10.2 Å². The maximum atomic E-state index is 12.5. The second-order valence-electron chi connectivity index (χ2n) is 6.57. The molecule has 1 amide bonds. The second kappa shape index (κ2) is 9.59. The van der Waals surface area contributed by atoms with Gasteiger partial charge in [0, 0.05) is 31.4 Å². The molecule has 2 rings (SSSR count). The molecule has 5 heteroatoms. The number of thiophene rings is 1. The van der Waals surface area contributed by atoms with Crippen molar-refractivity contribution in [1.29, 1.82) is 0 Å². The molecule has 0 saturated heterocycles. The molecule has 0 aliphatic carbocycles. The molecule has 0 saturated carbocycles. The largest absolute Gasteiger partial charge is 0.375 e. The van der Waals surface area contributed by atoms with Crippen molar-refractivity contribution < 1.29 is 4.79 Å². The first-order valence-electron chi connectivity index (χ1n) is 8.80. The van der Waals surface area contributed by atoms with Crippen LogP contribution in [0, 0.1) is 0 Å². The number of unbranched alkanes of at least 4 members (excludes halogenated alkanes) is 1. The third-order valence-electron chi connectivity index (χ3n) is 4.42. The summed E-state index contributed by atoms with van der Waals surface area (Å²) >= 11 is 1.68. The zero-order valence-electron chi connectivity index (χ0n) is 15.7. The van der Waals surface area contributed by atoms with Crippen molar-refractivity contribution in [2.45, 2.75) is 25.8 Å². The van der Waals surface area contributed by atoms with Gasteiger partial charge in [0.05, 0.1) is 6.04 Å². The van der Waals surface area contributed by atoms with Crippen molar-refractivity contribution in [3.05, 3.63) is 52.2 Å². The summed E-state index contributed by atoms with van der Waals surface area (Å²) in [6.45, 7) is 3.83.